The molecule has 20 heteroatoms. The molecule has 0 unspecified atom stereocenters. The Morgan fingerprint density at radius 3 is 2.11 bits per heavy atom. The number of hydrogen-bond donors (Lipinski definition) is 12. The fraction of sp³-hybridized carbons (Fsp3) is 0.917. The number of carboxylic acid groups (broad SMARTS) is 1. The van der Waals surface area contributed by atoms with Gasteiger partial charge in [-0.3, -0.25) is 4.79 Å². The first-order valence-corrected chi connectivity index (χ1v) is 13.6. The summed E-state index contributed by atoms with van der Waals surface area (Å²) in [6.07, 6.45) is -25.9. The summed E-state index contributed by atoms with van der Waals surface area (Å²) in [6, 6.07) is -1.52. The number of aliphatic hydroxyl groups excluding tert-OH is 10. The van der Waals surface area contributed by atoms with Crippen LogP contribution in [0, 0.1) is 0 Å². The highest BCUT2D eigenvalue weighted by Gasteiger charge is 2.59. The number of carbonyl (C=O) groups excluding carboxylic acids is 1. The Morgan fingerprint density at radius 1 is 0.932 bits per heavy atom. The largest absolute Gasteiger partial charge is 0.477 e. The van der Waals surface area contributed by atoms with Crippen LogP contribution in [0.15, 0.2) is 0 Å². The summed E-state index contributed by atoms with van der Waals surface area (Å²) in [5, 5.41) is 115. The predicted molar refractivity (Wildman–Crippen MR) is 135 cm³/mol. The van der Waals surface area contributed by atoms with Crippen molar-refractivity contribution in [3.8, 4) is 0 Å². The lowest BCUT2D eigenvalue weighted by molar-refractivity contribution is -0.373. The smallest absolute Gasteiger partial charge is 0.364 e. The maximum absolute atomic E-state index is 12.5. The van der Waals surface area contributed by atoms with E-state index >= 15 is 0 Å². The molecule has 0 spiro atoms. The number of nitrogens with one attached hydrogen (secondary N) is 1. The Balaban J connectivity index is 1.87. The predicted octanol–water partition coefficient (Wildman–Crippen LogP) is -7.57. The lowest BCUT2D eigenvalue weighted by Gasteiger charge is -2.50. The van der Waals surface area contributed by atoms with Crippen molar-refractivity contribution in [1.29, 1.82) is 0 Å². The highest BCUT2D eigenvalue weighted by molar-refractivity contribution is 5.76. The van der Waals surface area contributed by atoms with Crippen LogP contribution in [-0.2, 0) is 38.0 Å². The van der Waals surface area contributed by atoms with E-state index in [1.54, 1.807) is 0 Å². The van der Waals surface area contributed by atoms with Gasteiger partial charge in [0.25, 0.3) is 5.79 Å². The Morgan fingerprint density at radius 2 is 1.57 bits per heavy atom. The molecular weight excluding hydrogens is 606 g/mol. The molecule has 0 aliphatic carbocycles. The molecule has 3 aliphatic rings. The zero-order valence-electron chi connectivity index (χ0n) is 23.7. The topological polar surface area (TPSA) is 324 Å². The van der Waals surface area contributed by atoms with Crippen LogP contribution in [0.2, 0.25) is 0 Å². The highest BCUT2D eigenvalue weighted by Crippen LogP contribution is 2.37. The number of carboxylic acids is 1. The molecule has 12 N–H and O–H groups in total. The molecule has 0 bridgehead atoms. The molecule has 3 fully saturated rings. The molecule has 1 amide bonds. The number of rotatable bonds is 12. The Bertz CT molecular complexity index is 958. The summed E-state index contributed by atoms with van der Waals surface area (Å²) in [5.41, 5.74) is 0. The molecule has 0 aromatic carbocycles. The fourth-order valence-electron chi connectivity index (χ4n) is 5.24. The summed E-state index contributed by atoms with van der Waals surface area (Å²) < 4.78 is 32.2. The third-order valence-electron chi connectivity index (χ3n) is 7.66. The van der Waals surface area contributed by atoms with Crippen LogP contribution in [-0.4, -0.2) is 193 Å². The molecule has 0 radical (unpaired) electrons. The van der Waals surface area contributed by atoms with Gasteiger partial charge in [0.15, 0.2) is 12.6 Å². The number of aliphatic carboxylic acids is 1. The fourth-order valence-corrected chi connectivity index (χ4v) is 5.24. The van der Waals surface area contributed by atoms with Crippen LogP contribution < -0.4 is 5.32 Å². The van der Waals surface area contributed by atoms with E-state index in [9.17, 15) is 65.8 Å². The molecule has 0 saturated carbocycles. The van der Waals surface area contributed by atoms with Gasteiger partial charge < -0.3 is 89.9 Å². The van der Waals surface area contributed by atoms with Crippen LogP contribution in [0.1, 0.15) is 13.3 Å². The molecule has 3 aliphatic heterocycles. The van der Waals surface area contributed by atoms with Gasteiger partial charge in [-0.15, -0.1) is 0 Å². The van der Waals surface area contributed by atoms with Crippen molar-refractivity contribution >= 4 is 11.9 Å². The average Bonchev–Trinajstić information content (AvgIpc) is 2.98. The van der Waals surface area contributed by atoms with Gasteiger partial charge in [0, 0.05) is 20.5 Å². The zero-order chi connectivity index (χ0) is 33.1. The lowest BCUT2D eigenvalue weighted by Crippen LogP contribution is -2.70. The summed E-state index contributed by atoms with van der Waals surface area (Å²) in [4.78, 5) is 24.3. The summed E-state index contributed by atoms with van der Waals surface area (Å²) in [7, 11) is 1.16. The minimum Gasteiger partial charge on any atom is -0.477 e. The van der Waals surface area contributed by atoms with Crippen molar-refractivity contribution in [1.82, 2.24) is 5.32 Å². The van der Waals surface area contributed by atoms with Crippen LogP contribution in [0.4, 0.5) is 0 Å². The molecule has 16 atom stereocenters. The van der Waals surface area contributed by atoms with E-state index < -0.39 is 136 Å². The van der Waals surface area contributed by atoms with Crippen molar-refractivity contribution in [2.24, 2.45) is 0 Å². The normalized spacial score (nSPS) is 44.5. The Hall–Kier alpha value is -1.70. The number of ether oxygens (including phenoxy) is 6. The zero-order valence-corrected chi connectivity index (χ0v) is 23.7. The van der Waals surface area contributed by atoms with Gasteiger partial charge in [0.05, 0.1) is 32.0 Å². The lowest BCUT2D eigenvalue weighted by atomic mass is 9.88. The summed E-state index contributed by atoms with van der Waals surface area (Å²) in [6.45, 7) is -1.53. The van der Waals surface area contributed by atoms with Crippen LogP contribution >= 0.6 is 0 Å². The molecule has 3 heterocycles. The van der Waals surface area contributed by atoms with Gasteiger partial charge in [0.2, 0.25) is 5.91 Å². The van der Waals surface area contributed by atoms with Crippen molar-refractivity contribution in [2.45, 2.75) is 111 Å². The SMILES string of the molecule is CO[C@@H]1O[C@H](CO[C@@H]2O[C@H](CO)[C@H](O)[C@H](O[C@]3(C(=O)O)C[C@H](O)[C@@H](NC(C)=O)[C@H]([C@H](O)[C@H](O)CO)O3)[C@H]2O)[C@H](O)[C@H](O)[C@H]1O. The number of methoxy groups -OCH3 is 1. The molecule has 0 aromatic rings. The quantitative estimate of drug-likeness (QED) is 0.0935. The van der Waals surface area contributed by atoms with Crippen LogP contribution in [0.3, 0.4) is 0 Å². The standard InChI is InChI=1S/C24H41NO19/c1-7(28)25-12-8(29)3-24(23(37)38,43-19(12)13(31)9(30)4-26)44-20-15(33)10(5-27)41-22(18(20)36)40-6-11-14(32)16(34)17(35)21(39-2)42-11/h8-22,26-27,29-36H,3-6H2,1-2H3,(H,25,28)(H,37,38)/t8-,9+,10+,11+,12+,13+,14-,15-,16-,17+,18+,19+,20-,21+,22+,24-/m0/s1. The number of hydrogen-bond acceptors (Lipinski definition) is 18. The van der Waals surface area contributed by atoms with Crippen molar-refractivity contribution in [2.75, 3.05) is 26.9 Å². The van der Waals surface area contributed by atoms with Gasteiger partial charge in [-0.2, -0.15) is 0 Å². The number of aliphatic hydroxyl groups is 10. The van der Waals surface area contributed by atoms with E-state index in [1.165, 1.54) is 0 Å². The van der Waals surface area contributed by atoms with E-state index in [1.807, 2.05) is 0 Å². The maximum Gasteiger partial charge on any atom is 0.364 e. The van der Waals surface area contributed by atoms with E-state index in [0.717, 1.165) is 14.0 Å². The van der Waals surface area contributed by atoms with Gasteiger partial charge >= 0.3 is 5.97 Å². The molecule has 3 rings (SSSR count). The molecule has 44 heavy (non-hydrogen) atoms. The Kier molecular flexibility index (Phi) is 12.8. The van der Waals surface area contributed by atoms with E-state index in [4.69, 9.17) is 28.4 Å². The summed E-state index contributed by atoms with van der Waals surface area (Å²) in [5.74, 6) is -5.64. The second-order valence-electron chi connectivity index (χ2n) is 10.8. The van der Waals surface area contributed by atoms with Crippen LogP contribution in [0.5, 0.6) is 0 Å². The molecule has 0 aromatic heterocycles. The molecular formula is C24H41NO19. The second-order valence-corrected chi connectivity index (χ2v) is 10.8. The van der Waals surface area contributed by atoms with Gasteiger partial charge in [-0.05, 0) is 0 Å². The van der Waals surface area contributed by atoms with Gasteiger partial charge in [0.1, 0.15) is 67.1 Å². The van der Waals surface area contributed by atoms with E-state index in [0.29, 0.717) is 0 Å². The average molecular weight is 648 g/mol. The van der Waals surface area contributed by atoms with E-state index in [-0.39, 0.29) is 0 Å². The molecule has 3 saturated heterocycles. The second kappa shape index (κ2) is 15.3. The number of amides is 1. The number of carbonyl (C=O) groups is 2. The maximum atomic E-state index is 12.5. The first-order chi connectivity index (χ1) is 20.6. The van der Waals surface area contributed by atoms with Crippen LogP contribution in [0.25, 0.3) is 0 Å². The highest BCUT2D eigenvalue weighted by atomic mass is 16.8. The third-order valence-corrected chi connectivity index (χ3v) is 7.66. The minimum absolute atomic E-state index is 0.640. The Labute approximate surface area is 249 Å². The minimum atomic E-state index is -2.97. The first kappa shape index (κ1) is 36.8. The molecule has 20 nitrogen and oxygen atoms in total. The van der Waals surface area contributed by atoms with Gasteiger partial charge in [-0.1, -0.05) is 0 Å². The first-order valence-electron chi connectivity index (χ1n) is 13.6. The van der Waals surface area contributed by atoms with Crippen molar-refractivity contribution < 1.29 is 94.2 Å². The van der Waals surface area contributed by atoms with Crippen molar-refractivity contribution in [3.05, 3.63) is 0 Å². The van der Waals surface area contributed by atoms with Crippen molar-refractivity contribution in [3.63, 3.8) is 0 Å². The van der Waals surface area contributed by atoms with Gasteiger partial charge in [-0.25, -0.2) is 4.79 Å². The summed E-state index contributed by atoms with van der Waals surface area (Å²) >= 11 is 0. The van der Waals surface area contributed by atoms with E-state index in [2.05, 4.69) is 5.32 Å². The molecule has 256 valence electrons. The monoisotopic (exact) mass is 647 g/mol. The third kappa shape index (κ3) is 7.63.